The molecule has 0 fully saturated rings. The lowest BCUT2D eigenvalue weighted by Crippen LogP contribution is -2.28. The molecular weight excluding hydrogens is 296 g/mol. The van der Waals surface area contributed by atoms with Crippen LogP contribution in [0.25, 0.3) is 0 Å². The molecule has 0 aliphatic heterocycles. The van der Waals surface area contributed by atoms with E-state index in [1.807, 2.05) is 30.3 Å². The number of rotatable bonds is 7. The monoisotopic (exact) mass is 312 g/mol. The largest absolute Gasteiger partial charge is 0.494 e. The molecule has 108 valence electrons. The Bertz CT molecular complexity index is 639. The third kappa shape index (κ3) is 3.72. The molecule has 5 nitrogen and oxygen atoms in total. The number of hydrogen-bond donors (Lipinski definition) is 2. The second-order valence-electron chi connectivity index (χ2n) is 3.97. The molecule has 1 aromatic carbocycles. The van der Waals surface area contributed by atoms with E-state index in [4.69, 9.17) is 4.74 Å². The van der Waals surface area contributed by atoms with Crippen LogP contribution >= 0.6 is 11.3 Å². The molecule has 20 heavy (non-hydrogen) atoms. The Morgan fingerprint density at radius 3 is 2.60 bits per heavy atom. The molecule has 0 bridgehead atoms. The molecule has 2 aromatic rings. The van der Waals surface area contributed by atoms with Gasteiger partial charge in [0.15, 0.2) is 4.21 Å². The number of thiophene rings is 1. The van der Waals surface area contributed by atoms with E-state index in [1.165, 1.54) is 7.11 Å². The van der Waals surface area contributed by atoms with Gasteiger partial charge < -0.3 is 10.1 Å². The Morgan fingerprint density at radius 2 is 1.90 bits per heavy atom. The molecule has 7 heteroatoms. The summed E-state index contributed by atoms with van der Waals surface area (Å²) in [5.41, 5.74) is 0.959. The molecule has 0 amide bonds. The van der Waals surface area contributed by atoms with Crippen LogP contribution in [0, 0.1) is 0 Å². The van der Waals surface area contributed by atoms with Crippen LogP contribution in [-0.4, -0.2) is 28.6 Å². The van der Waals surface area contributed by atoms with E-state index < -0.39 is 10.0 Å². The summed E-state index contributed by atoms with van der Waals surface area (Å²) in [4.78, 5) is 0. The predicted octanol–water partition coefficient (Wildman–Crippen LogP) is 2.15. The summed E-state index contributed by atoms with van der Waals surface area (Å²) in [6.07, 6.45) is 0. The van der Waals surface area contributed by atoms with Gasteiger partial charge in [0.25, 0.3) is 10.0 Å². The first kappa shape index (κ1) is 14.8. The van der Waals surface area contributed by atoms with Gasteiger partial charge in [-0.25, -0.2) is 13.1 Å². The lowest BCUT2D eigenvalue weighted by Gasteiger charge is -2.08. The van der Waals surface area contributed by atoms with Gasteiger partial charge in [-0.3, -0.25) is 0 Å². The van der Waals surface area contributed by atoms with Crippen LogP contribution in [0.1, 0.15) is 0 Å². The van der Waals surface area contributed by atoms with Gasteiger partial charge in [0, 0.05) is 18.8 Å². The summed E-state index contributed by atoms with van der Waals surface area (Å²) in [5, 5.41) is 4.83. The lowest BCUT2D eigenvalue weighted by atomic mass is 10.3. The van der Waals surface area contributed by atoms with Crippen molar-refractivity contribution in [3.05, 3.63) is 41.8 Å². The SMILES string of the molecule is COc1ccsc1S(=O)(=O)NCCNc1ccccc1. The first-order valence-electron chi connectivity index (χ1n) is 6.03. The summed E-state index contributed by atoms with van der Waals surface area (Å²) < 4.78 is 31.9. The van der Waals surface area contributed by atoms with Gasteiger partial charge >= 0.3 is 0 Å². The maximum absolute atomic E-state index is 12.1. The zero-order valence-corrected chi connectivity index (χ0v) is 12.6. The molecule has 0 unspecified atom stereocenters. The average Bonchev–Trinajstić information content (AvgIpc) is 2.94. The average molecular weight is 312 g/mol. The van der Waals surface area contributed by atoms with Crippen molar-refractivity contribution in [1.82, 2.24) is 4.72 Å². The Morgan fingerprint density at radius 1 is 1.15 bits per heavy atom. The third-order valence-corrected chi connectivity index (χ3v) is 5.49. The summed E-state index contributed by atoms with van der Waals surface area (Å²) in [6.45, 7) is 0.815. The Hall–Kier alpha value is -1.57. The minimum absolute atomic E-state index is 0.208. The highest BCUT2D eigenvalue weighted by atomic mass is 32.2. The van der Waals surface area contributed by atoms with Gasteiger partial charge in [-0.1, -0.05) is 18.2 Å². The van der Waals surface area contributed by atoms with Crippen LogP contribution in [0.4, 0.5) is 5.69 Å². The molecule has 1 heterocycles. The Kier molecular flexibility index (Phi) is 4.99. The fourth-order valence-electron chi connectivity index (χ4n) is 1.64. The number of para-hydroxylation sites is 1. The first-order valence-corrected chi connectivity index (χ1v) is 8.40. The maximum Gasteiger partial charge on any atom is 0.253 e. The van der Waals surface area contributed by atoms with Crippen molar-refractivity contribution in [3.63, 3.8) is 0 Å². The Labute approximate surface area is 122 Å². The van der Waals surface area contributed by atoms with Gasteiger partial charge in [-0.15, -0.1) is 11.3 Å². The van der Waals surface area contributed by atoms with E-state index in [-0.39, 0.29) is 4.21 Å². The van der Waals surface area contributed by atoms with E-state index in [0.717, 1.165) is 17.0 Å². The molecule has 0 radical (unpaired) electrons. The molecule has 2 rings (SSSR count). The van der Waals surface area contributed by atoms with Crippen molar-refractivity contribution in [1.29, 1.82) is 0 Å². The summed E-state index contributed by atoms with van der Waals surface area (Å²) in [5.74, 6) is 0.374. The fraction of sp³-hybridized carbons (Fsp3) is 0.231. The van der Waals surface area contributed by atoms with Crippen LogP contribution in [0.15, 0.2) is 46.0 Å². The van der Waals surface area contributed by atoms with Gasteiger partial charge in [0.05, 0.1) is 7.11 Å². The molecule has 0 aliphatic rings. The highest BCUT2D eigenvalue weighted by Crippen LogP contribution is 2.28. The number of ether oxygens (including phenoxy) is 1. The number of sulfonamides is 1. The fourth-order valence-corrected chi connectivity index (χ4v) is 4.00. The van der Waals surface area contributed by atoms with E-state index >= 15 is 0 Å². The van der Waals surface area contributed by atoms with Crippen LogP contribution < -0.4 is 14.8 Å². The van der Waals surface area contributed by atoms with Crippen molar-refractivity contribution in [2.45, 2.75) is 4.21 Å². The highest BCUT2D eigenvalue weighted by Gasteiger charge is 2.20. The van der Waals surface area contributed by atoms with E-state index in [1.54, 1.807) is 11.4 Å². The number of hydrogen-bond acceptors (Lipinski definition) is 5. The van der Waals surface area contributed by atoms with Gasteiger partial charge in [0.1, 0.15) is 5.75 Å². The van der Waals surface area contributed by atoms with Crippen molar-refractivity contribution in [2.75, 3.05) is 25.5 Å². The predicted molar refractivity (Wildman–Crippen MR) is 81.0 cm³/mol. The summed E-state index contributed by atoms with van der Waals surface area (Å²) >= 11 is 1.14. The molecule has 0 saturated heterocycles. The second-order valence-corrected chi connectivity index (χ2v) is 6.85. The quantitative estimate of drug-likeness (QED) is 0.769. The number of nitrogens with one attached hydrogen (secondary N) is 2. The normalized spacial score (nSPS) is 11.2. The smallest absolute Gasteiger partial charge is 0.253 e. The molecule has 0 aliphatic carbocycles. The van der Waals surface area contributed by atoms with Crippen molar-refractivity contribution < 1.29 is 13.2 Å². The highest BCUT2D eigenvalue weighted by molar-refractivity contribution is 7.91. The van der Waals surface area contributed by atoms with E-state index in [9.17, 15) is 8.42 Å². The minimum Gasteiger partial charge on any atom is -0.494 e. The van der Waals surface area contributed by atoms with Crippen LogP contribution in [0.5, 0.6) is 5.75 Å². The van der Waals surface area contributed by atoms with Crippen molar-refractivity contribution in [2.24, 2.45) is 0 Å². The molecule has 0 spiro atoms. The van der Waals surface area contributed by atoms with E-state index in [0.29, 0.717) is 18.8 Å². The number of benzene rings is 1. The summed E-state index contributed by atoms with van der Waals surface area (Å²) in [7, 11) is -2.05. The van der Waals surface area contributed by atoms with Crippen LogP contribution in [0.2, 0.25) is 0 Å². The molecule has 1 aromatic heterocycles. The van der Waals surface area contributed by atoms with Crippen LogP contribution in [0.3, 0.4) is 0 Å². The van der Waals surface area contributed by atoms with Gasteiger partial charge in [0.2, 0.25) is 0 Å². The van der Waals surface area contributed by atoms with E-state index in [2.05, 4.69) is 10.0 Å². The zero-order chi connectivity index (χ0) is 14.4. The van der Waals surface area contributed by atoms with Crippen LogP contribution in [-0.2, 0) is 10.0 Å². The molecule has 2 N–H and O–H groups in total. The van der Waals surface area contributed by atoms with Crippen molar-refractivity contribution >= 4 is 27.0 Å². The first-order chi connectivity index (χ1) is 9.63. The minimum atomic E-state index is -3.51. The number of methoxy groups -OCH3 is 1. The maximum atomic E-state index is 12.1. The molecule has 0 atom stereocenters. The standard InChI is InChI=1S/C13H16N2O3S2/c1-18-12-7-10-19-13(12)20(16,17)15-9-8-14-11-5-3-2-4-6-11/h2-7,10,14-15H,8-9H2,1H3. The van der Waals surface area contributed by atoms with Gasteiger partial charge in [-0.2, -0.15) is 0 Å². The van der Waals surface area contributed by atoms with Gasteiger partial charge in [-0.05, 0) is 23.6 Å². The van der Waals surface area contributed by atoms with Crippen molar-refractivity contribution in [3.8, 4) is 5.75 Å². The Balaban J connectivity index is 1.87. The molecular formula is C13H16N2O3S2. The summed E-state index contributed by atoms with van der Waals surface area (Å²) in [6, 6.07) is 11.3. The third-order valence-electron chi connectivity index (χ3n) is 2.58. The molecule has 0 saturated carbocycles. The topological polar surface area (TPSA) is 67.4 Å². The zero-order valence-electron chi connectivity index (χ0n) is 11.0. The lowest BCUT2D eigenvalue weighted by molar-refractivity contribution is 0.406. The second kappa shape index (κ2) is 6.74. The number of anilines is 1.